The van der Waals surface area contributed by atoms with E-state index in [2.05, 4.69) is 39.0 Å². The van der Waals surface area contributed by atoms with Crippen molar-refractivity contribution >= 4 is 16.8 Å². The number of carbonyl (C=O) groups is 1. The zero-order chi connectivity index (χ0) is 20.3. The predicted molar refractivity (Wildman–Crippen MR) is 115 cm³/mol. The van der Waals surface area contributed by atoms with Crippen LogP contribution in [0.5, 0.6) is 0 Å². The summed E-state index contributed by atoms with van der Waals surface area (Å²) < 4.78 is 1.85. The van der Waals surface area contributed by atoms with Gasteiger partial charge >= 0.3 is 0 Å². The number of carbonyl (C=O) groups excluding carboxylic acids is 1. The van der Waals surface area contributed by atoms with E-state index in [4.69, 9.17) is 0 Å². The topological polar surface area (TPSA) is 42.3 Å². The first-order chi connectivity index (χ1) is 13.9. The van der Waals surface area contributed by atoms with E-state index < -0.39 is 5.54 Å². The van der Waals surface area contributed by atoms with Crippen LogP contribution in [-0.4, -0.2) is 21.9 Å². The predicted octanol–water partition coefficient (Wildman–Crippen LogP) is 4.44. The molecule has 1 aromatic heterocycles. The van der Waals surface area contributed by atoms with Crippen molar-refractivity contribution in [3.63, 3.8) is 0 Å². The van der Waals surface area contributed by atoms with E-state index in [1.54, 1.807) is 0 Å². The van der Waals surface area contributed by atoms with Crippen molar-refractivity contribution < 1.29 is 4.79 Å². The molecular weight excluding hydrogens is 360 g/mol. The van der Waals surface area contributed by atoms with Crippen molar-refractivity contribution in [2.75, 3.05) is 6.54 Å². The Hall–Kier alpha value is -2.88. The maximum Gasteiger partial charge on any atom is 0.264 e. The molecule has 0 saturated carbocycles. The summed E-state index contributed by atoms with van der Waals surface area (Å²) in [5, 5.41) is 0.979. The van der Waals surface area contributed by atoms with Crippen LogP contribution in [0.4, 0.5) is 0 Å². The van der Waals surface area contributed by atoms with Gasteiger partial charge in [0.1, 0.15) is 5.56 Å². The summed E-state index contributed by atoms with van der Waals surface area (Å²) in [6, 6.07) is 16.3. The van der Waals surface area contributed by atoms with Gasteiger partial charge in [-0.25, -0.2) is 0 Å². The molecule has 0 bridgehead atoms. The van der Waals surface area contributed by atoms with Crippen molar-refractivity contribution in [2.45, 2.75) is 51.6 Å². The zero-order valence-electron chi connectivity index (χ0n) is 17.2. The van der Waals surface area contributed by atoms with E-state index in [0.29, 0.717) is 6.54 Å². The largest absolute Gasteiger partial charge is 0.329 e. The molecule has 0 spiro atoms. The third kappa shape index (κ3) is 2.58. The number of rotatable bonds is 1. The molecule has 1 unspecified atom stereocenters. The minimum absolute atomic E-state index is 0.0998. The van der Waals surface area contributed by atoms with E-state index in [1.807, 2.05) is 39.8 Å². The summed E-state index contributed by atoms with van der Waals surface area (Å²) in [6.07, 6.45) is 2.71. The summed E-state index contributed by atoms with van der Waals surface area (Å²) in [5.41, 5.74) is 4.32. The van der Waals surface area contributed by atoms with Gasteiger partial charge in [-0.3, -0.25) is 9.59 Å². The fourth-order valence-electron chi connectivity index (χ4n) is 5.23. The van der Waals surface area contributed by atoms with Crippen LogP contribution in [0.2, 0.25) is 0 Å². The molecular formula is C25H26N2O2. The number of aromatic nitrogens is 1. The van der Waals surface area contributed by atoms with Gasteiger partial charge < -0.3 is 9.47 Å². The Morgan fingerprint density at radius 2 is 1.79 bits per heavy atom. The smallest absolute Gasteiger partial charge is 0.264 e. The van der Waals surface area contributed by atoms with Gasteiger partial charge in [0.25, 0.3) is 11.5 Å². The average molecular weight is 386 g/mol. The van der Waals surface area contributed by atoms with E-state index in [1.165, 1.54) is 11.1 Å². The van der Waals surface area contributed by atoms with Crippen LogP contribution in [0.15, 0.2) is 53.3 Å². The van der Waals surface area contributed by atoms with Crippen molar-refractivity contribution in [2.24, 2.45) is 0 Å². The van der Waals surface area contributed by atoms with Crippen LogP contribution in [-0.2, 0) is 18.4 Å². The molecule has 3 aromatic rings. The Bertz CT molecular complexity index is 1210. The maximum absolute atomic E-state index is 13.7. The van der Waals surface area contributed by atoms with Gasteiger partial charge in [-0.1, -0.05) is 42.5 Å². The number of hydrogen-bond acceptors (Lipinski definition) is 2. The molecule has 148 valence electrons. The second kappa shape index (κ2) is 6.31. The molecule has 29 heavy (non-hydrogen) atoms. The van der Waals surface area contributed by atoms with Crippen LogP contribution in [0.3, 0.4) is 0 Å². The first-order valence-electron chi connectivity index (χ1n) is 10.5. The molecule has 0 aliphatic carbocycles. The lowest BCUT2D eigenvalue weighted by Crippen LogP contribution is -2.51. The molecule has 2 aliphatic rings. The minimum atomic E-state index is -0.456. The molecule has 4 nitrogen and oxygen atoms in total. The lowest BCUT2D eigenvalue weighted by Gasteiger charge is -2.44. The van der Waals surface area contributed by atoms with E-state index in [9.17, 15) is 9.59 Å². The highest BCUT2D eigenvalue weighted by Crippen LogP contribution is 2.36. The SMILES string of the molecule is CC1CCc2cccc3cc(C(=O)N4CCc5ccccc5C4(C)C)c(=O)n1c23. The number of pyridine rings is 1. The normalized spacial score (nSPS) is 19.8. The summed E-state index contributed by atoms with van der Waals surface area (Å²) in [4.78, 5) is 29.0. The lowest BCUT2D eigenvalue weighted by molar-refractivity contribution is 0.0511. The van der Waals surface area contributed by atoms with Gasteiger partial charge in [-0.05, 0) is 68.2 Å². The van der Waals surface area contributed by atoms with Crippen LogP contribution in [0, 0.1) is 0 Å². The number of aryl methyl sites for hydroxylation is 1. The number of nitrogens with zero attached hydrogens (tertiary/aromatic N) is 2. The van der Waals surface area contributed by atoms with Gasteiger partial charge in [-0.2, -0.15) is 0 Å². The van der Waals surface area contributed by atoms with Crippen LogP contribution in [0.1, 0.15) is 60.3 Å². The molecule has 1 amide bonds. The third-order valence-electron chi connectivity index (χ3n) is 6.84. The van der Waals surface area contributed by atoms with Crippen LogP contribution in [0.25, 0.3) is 10.9 Å². The highest BCUT2D eigenvalue weighted by molar-refractivity contribution is 5.98. The Morgan fingerprint density at radius 3 is 2.62 bits per heavy atom. The van der Waals surface area contributed by atoms with Gasteiger partial charge in [0.05, 0.1) is 11.1 Å². The Kier molecular flexibility index (Phi) is 3.95. The molecule has 4 heteroatoms. The summed E-state index contributed by atoms with van der Waals surface area (Å²) in [7, 11) is 0. The second-order valence-corrected chi connectivity index (χ2v) is 8.90. The first kappa shape index (κ1) is 18.2. The van der Waals surface area contributed by atoms with E-state index in [-0.39, 0.29) is 23.1 Å². The molecule has 2 aliphatic heterocycles. The molecule has 1 atom stereocenters. The van der Waals surface area contributed by atoms with E-state index >= 15 is 0 Å². The Balaban J connectivity index is 1.67. The van der Waals surface area contributed by atoms with Gasteiger partial charge in [0, 0.05) is 12.6 Å². The summed E-state index contributed by atoms with van der Waals surface area (Å²) >= 11 is 0. The number of benzene rings is 2. The lowest BCUT2D eigenvalue weighted by atomic mass is 9.83. The van der Waals surface area contributed by atoms with Gasteiger partial charge in [-0.15, -0.1) is 0 Å². The number of para-hydroxylation sites is 1. The Labute approximate surface area is 170 Å². The van der Waals surface area contributed by atoms with Crippen molar-refractivity contribution in [3.8, 4) is 0 Å². The summed E-state index contributed by atoms with van der Waals surface area (Å²) in [5.74, 6) is -0.164. The van der Waals surface area contributed by atoms with E-state index in [0.717, 1.165) is 35.7 Å². The number of amides is 1. The quantitative estimate of drug-likeness (QED) is 0.620. The van der Waals surface area contributed by atoms with Crippen LogP contribution >= 0.6 is 0 Å². The van der Waals surface area contributed by atoms with Gasteiger partial charge in [0.2, 0.25) is 0 Å². The Morgan fingerprint density at radius 1 is 1.03 bits per heavy atom. The highest BCUT2D eigenvalue weighted by atomic mass is 16.2. The van der Waals surface area contributed by atoms with Crippen molar-refractivity contribution in [1.82, 2.24) is 9.47 Å². The zero-order valence-corrected chi connectivity index (χ0v) is 17.2. The fourth-order valence-corrected chi connectivity index (χ4v) is 5.23. The van der Waals surface area contributed by atoms with Crippen molar-refractivity contribution in [3.05, 3.63) is 81.1 Å². The number of hydrogen-bond donors (Lipinski definition) is 0. The molecule has 0 saturated heterocycles. The highest BCUT2D eigenvalue weighted by Gasteiger charge is 2.38. The second-order valence-electron chi connectivity index (χ2n) is 8.90. The molecule has 3 heterocycles. The van der Waals surface area contributed by atoms with Gasteiger partial charge in [0.15, 0.2) is 0 Å². The monoisotopic (exact) mass is 386 g/mol. The molecule has 0 radical (unpaired) electrons. The molecule has 5 rings (SSSR count). The fraction of sp³-hybridized carbons (Fsp3) is 0.360. The number of fused-ring (bicyclic) bond motifs is 1. The molecule has 0 fully saturated rings. The maximum atomic E-state index is 13.7. The van der Waals surface area contributed by atoms with Crippen LogP contribution < -0.4 is 5.56 Å². The standard InChI is InChI=1S/C25H26N2O2/c1-16-11-12-18-8-6-9-19-15-20(24(29)27(16)22(18)19)23(28)26-14-13-17-7-4-5-10-21(17)25(26,2)3/h4-10,15-16H,11-14H2,1-3H3. The molecule has 2 aromatic carbocycles. The first-order valence-corrected chi connectivity index (χ1v) is 10.5. The average Bonchev–Trinajstić information content (AvgIpc) is 2.71. The third-order valence-corrected chi connectivity index (χ3v) is 6.84. The van der Waals surface area contributed by atoms with Crippen molar-refractivity contribution in [1.29, 1.82) is 0 Å². The summed E-state index contributed by atoms with van der Waals surface area (Å²) in [6.45, 7) is 6.85. The molecule has 0 N–H and O–H groups in total. The minimum Gasteiger partial charge on any atom is -0.329 e.